The van der Waals surface area contributed by atoms with Crippen molar-refractivity contribution in [2.45, 2.75) is 24.3 Å². The van der Waals surface area contributed by atoms with Crippen LogP contribution in [0.4, 0.5) is 0 Å². The summed E-state index contributed by atoms with van der Waals surface area (Å²) in [5.41, 5.74) is 0.778. The van der Waals surface area contributed by atoms with Crippen LogP contribution in [0.25, 0.3) is 0 Å². The molecule has 26 heavy (non-hydrogen) atoms. The lowest BCUT2D eigenvalue weighted by molar-refractivity contribution is 0.304. The molecule has 0 aliphatic carbocycles. The Bertz CT molecular complexity index is 897. The average Bonchev–Trinajstić information content (AvgIpc) is 3.38. The van der Waals surface area contributed by atoms with Crippen LogP contribution in [-0.4, -0.2) is 39.3 Å². The van der Waals surface area contributed by atoms with E-state index in [1.807, 2.05) is 25.1 Å². The van der Waals surface area contributed by atoms with Gasteiger partial charge in [0.25, 0.3) is 10.1 Å². The molecule has 140 valence electrons. The molecule has 1 aliphatic heterocycles. The van der Waals surface area contributed by atoms with E-state index in [1.165, 1.54) is 19.2 Å². The van der Waals surface area contributed by atoms with E-state index in [9.17, 15) is 13.0 Å². The number of fused-ring (bicyclic) bond motifs is 1. The zero-order chi connectivity index (χ0) is 18.7. The first kappa shape index (κ1) is 18.5. The minimum Gasteiger partial charge on any atom is -0.495 e. The molecule has 7 nitrogen and oxygen atoms in total. The average molecular weight is 379 g/mol. The molecule has 0 radical (unpaired) electrons. The van der Waals surface area contributed by atoms with Crippen molar-refractivity contribution in [3.05, 3.63) is 42.0 Å². The fourth-order valence-corrected chi connectivity index (χ4v) is 3.43. The van der Waals surface area contributed by atoms with Gasteiger partial charge in [-0.15, -0.1) is 0 Å². The van der Waals surface area contributed by atoms with Gasteiger partial charge in [-0.05, 0) is 43.2 Å². The zero-order valence-corrected chi connectivity index (χ0v) is 15.4. The van der Waals surface area contributed by atoms with Crippen LogP contribution in [-0.2, 0) is 16.5 Å². The van der Waals surface area contributed by atoms with E-state index in [0.29, 0.717) is 19.6 Å². The highest BCUT2D eigenvalue weighted by Gasteiger charge is 2.24. The second kappa shape index (κ2) is 7.53. The van der Waals surface area contributed by atoms with Crippen molar-refractivity contribution >= 4 is 10.1 Å². The molecule has 0 saturated carbocycles. The molecule has 1 heterocycles. The van der Waals surface area contributed by atoms with E-state index in [0.717, 1.165) is 22.8 Å². The predicted molar refractivity (Wildman–Crippen MR) is 96.0 cm³/mol. The highest BCUT2D eigenvalue weighted by Crippen LogP contribution is 2.52. The molecule has 0 fully saturated rings. The minimum absolute atomic E-state index is 0.0911. The molecule has 0 aromatic heterocycles. The van der Waals surface area contributed by atoms with E-state index in [-0.39, 0.29) is 16.7 Å². The van der Waals surface area contributed by atoms with Gasteiger partial charge in [0.1, 0.15) is 17.3 Å². The summed E-state index contributed by atoms with van der Waals surface area (Å²) < 4.78 is 48.2. The van der Waals surface area contributed by atoms with Gasteiger partial charge < -0.3 is 19.5 Å². The summed E-state index contributed by atoms with van der Waals surface area (Å²) in [6.07, 6.45) is 0.594. The highest BCUT2D eigenvalue weighted by atomic mass is 32.2. The first-order chi connectivity index (χ1) is 12.4. The monoisotopic (exact) mass is 379 g/mol. The summed E-state index contributed by atoms with van der Waals surface area (Å²) >= 11 is 0. The maximum absolute atomic E-state index is 11.5. The molecule has 1 aliphatic rings. The van der Waals surface area contributed by atoms with Gasteiger partial charge in [-0.25, -0.2) is 0 Å². The molecule has 2 N–H and O–H groups in total. The topological polar surface area (TPSA) is 97.4 Å². The van der Waals surface area contributed by atoms with Gasteiger partial charge in [-0.2, -0.15) is 8.42 Å². The largest absolute Gasteiger partial charge is 0.495 e. The summed E-state index contributed by atoms with van der Waals surface area (Å²) in [4.78, 5) is -0.223. The molecule has 0 bridgehead atoms. The third kappa shape index (κ3) is 4.46. The number of ether oxygens (including phenoxy) is 3. The summed E-state index contributed by atoms with van der Waals surface area (Å²) in [6.45, 7) is 3.11. The van der Waals surface area contributed by atoms with Crippen LogP contribution in [0.5, 0.6) is 23.0 Å². The summed E-state index contributed by atoms with van der Waals surface area (Å²) in [6, 6.07) is 10.5. The van der Waals surface area contributed by atoms with Crippen LogP contribution in [0.1, 0.15) is 12.5 Å². The summed E-state index contributed by atoms with van der Waals surface area (Å²) in [7, 11) is -2.97. The van der Waals surface area contributed by atoms with Crippen molar-refractivity contribution in [1.82, 2.24) is 5.32 Å². The van der Waals surface area contributed by atoms with Gasteiger partial charge in [0.15, 0.2) is 11.5 Å². The second-order valence-corrected chi connectivity index (χ2v) is 7.44. The Kier molecular flexibility index (Phi) is 5.36. The third-order valence-corrected chi connectivity index (χ3v) is 4.89. The SMILES string of the molecule is COc1ccc(C[C@@H](C)NCCOc2cccc3c2O3)cc1S(=O)(=O)O. The zero-order valence-electron chi connectivity index (χ0n) is 14.6. The van der Waals surface area contributed by atoms with Crippen molar-refractivity contribution in [2.24, 2.45) is 0 Å². The Morgan fingerprint density at radius 2 is 2.04 bits per heavy atom. The molecule has 0 amide bonds. The fourth-order valence-electron chi connectivity index (χ4n) is 2.72. The molecule has 2 aromatic rings. The van der Waals surface area contributed by atoms with Crippen molar-refractivity contribution in [3.63, 3.8) is 0 Å². The van der Waals surface area contributed by atoms with E-state index in [2.05, 4.69) is 5.32 Å². The van der Waals surface area contributed by atoms with Gasteiger partial charge in [0.05, 0.1) is 7.11 Å². The number of methoxy groups -OCH3 is 1. The highest BCUT2D eigenvalue weighted by molar-refractivity contribution is 7.86. The van der Waals surface area contributed by atoms with E-state index in [4.69, 9.17) is 14.2 Å². The molecule has 0 spiro atoms. The maximum Gasteiger partial charge on any atom is 0.298 e. The first-order valence-electron chi connectivity index (χ1n) is 8.20. The summed E-state index contributed by atoms with van der Waals surface area (Å²) in [5.74, 6) is 2.52. The van der Waals surface area contributed by atoms with Crippen LogP contribution in [0, 0.1) is 0 Å². The van der Waals surface area contributed by atoms with Gasteiger partial charge in [0.2, 0.25) is 5.75 Å². The van der Waals surface area contributed by atoms with Gasteiger partial charge in [0, 0.05) is 12.6 Å². The van der Waals surface area contributed by atoms with E-state index >= 15 is 0 Å². The first-order valence-corrected chi connectivity index (χ1v) is 9.64. The van der Waals surface area contributed by atoms with Crippen LogP contribution in [0.3, 0.4) is 0 Å². The smallest absolute Gasteiger partial charge is 0.298 e. The van der Waals surface area contributed by atoms with E-state index in [1.54, 1.807) is 6.07 Å². The maximum atomic E-state index is 11.5. The van der Waals surface area contributed by atoms with Crippen molar-refractivity contribution < 1.29 is 27.2 Å². The van der Waals surface area contributed by atoms with Crippen LogP contribution >= 0.6 is 0 Å². The Labute approximate surface area is 152 Å². The van der Waals surface area contributed by atoms with Gasteiger partial charge in [-0.3, -0.25) is 4.55 Å². The van der Waals surface area contributed by atoms with Crippen LogP contribution in [0.15, 0.2) is 41.3 Å². The predicted octanol–water partition coefficient (Wildman–Crippen LogP) is 2.65. The lowest BCUT2D eigenvalue weighted by Crippen LogP contribution is -2.31. The molecule has 1 atom stereocenters. The minimum atomic E-state index is -4.33. The number of hydrogen-bond donors (Lipinski definition) is 2. The Morgan fingerprint density at radius 3 is 2.77 bits per heavy atom. The Balaban J connectivity index is 1.50. The quantitative estimate of drug-likeness (QED) is 0.335. The van der Waals surface area contributed by atoms with E-state index < -0.39 is 10.1 Å². The van der Waals surface area contributed by atoms with Crippen LogP contribution in [0.2, 0.25) is 0 Å². The molecule has 8 heteroatoms. The molecule has 2 aromatic carbocycles. The number of rotatable bonds is 9. The molecule has 0 saturated heterocycles. The molecule has 0 unspecified atom stereocenters. The number of benzene rings is 2. The number of nitrogens with one attached hydrogen (secondary N) is 1. The second-order valence-electron chi connectivity index (χ2n) is 6.05. The summed E-state index contributed by atoms with van der Waals surface area (Å²) in [5, 5.41) is 3.32. The Hall–Kier alpha value is -2.29. The lowest BCUT2D eigenvalue weighted by Gasteiger charge is -2.15. The van der Waals surface area contributed by atoms with Crippen molar-refractivity contribution in [3.8, 4) is 23.0 Å². The molecule has 3 rings (SSSR count). The number of hydrogen-bond acceptors (Lipinski definition) is 6. The fraction of sp³-hybridized carbons (Fsp3) is 0.333. The normalized spacial score (nSPS) is 13.5. The van der Waals surface area contributed by atoms with Crippen molar-refractivity contribution in [2.75, 3.05) is 20.3 Å². The Morgan fingerprint density at radius 1 is 1.23 bits per heavy atom. The van der Waals surface area contributed by atoms with Crippen LogP contribution < -0.4 is 19.5 Å². The third-order valence-electron chi connectivity index (χ3n) is 4.01. The van der Waals surface area contributed by atoms with Gasteiger partial charge in [-0.1, -0.05) is 12.1 Å². The molecular weight excluding hydrogens is 358 g/mol. The number of para-hydroxylation sites is 1. The van der Waals surface area contributed by atoms with Gasteiger partial charge >= 0.3 is 0 Å². The van der Waals surface area contributed by atoms with Crippen molar-refractivity contribution in [1.29, 1.82) is 0 Å². The lowest BCUT2D eigenvalue weighted by atomic mass is 10.1. The molecular formula is C18H21NO6S. The standard InChI is InChI=1S/C18H21NO6S/c1-12(19-8-9-24-15-4-3-5-16-18(15)25-16)10-13-6-7-14(23-2)17(11-13)26(20,21)22/h3-7,11-12,19H,8-10H2,1-2H3,(H,20,21,22)/t12-/m1/s1.